The Kier molecular flexibility index (Phi) is 4.59. The first-order valence-corrected chi connectivity index (χ1v) is 7.59. The molecule has 5 heteroatoms. The number of methoxy groups -OCH3 is 1. The molecule has 24 heavy (non-hydrogen) atoms. The Balaban J connectivity index is 1.81. The van der Waals surface area contributed by atoms with Gasteiger partial charge in [-0.1, -0.05) is 30.3 Å². The minimum atomic E-state index is -0.630. The lowest BCUT2D eigenvalue weighted by molar-refractivity contribution is -0.143. The van der Waals surface area contributed by atoms with E-state index in [4.69, 9.17) is 10.00 Å². The van der Waals surface area contributed by atoms with Gasteiger partial charge >= 0.3 is 5.97 Å². The number of esters is 1. The Labute approximate surface area is 139 Å². The molecular weight excluding hydrogens is 302 g/mol. The number of nitriles is 1. The van der Waals surface area contributed by atoms with E-state index in [1.54, 1.807) is 24.3 Å². The van der Waals surface area contributed by atoms with Gasteiger partial charge in [-0.05, 0) is 35.2 Å². The minimum Gasteiger partial charge on any atom is -0.468 e. The molecule has 1 aromatic heterocycles. The van der Waals surface area contributed by atoms with Crippen molar-refractivity contribution in [3.05, 3.63) is 71.4 Å². The molecule has 1 atom stereocenters. The summed E-state index contributed by atoms with van der Waals surface area (Å²) in [6, 6.07) is 18.5. The number of H-pyrrole nitrogens is 1. The Morgan fingerprint density at radius 2 is 2.08 bits per heavy atom. The van der Waals surface area contributed by atoms with E-state index in [1.165, 1.54) is 7.11 Å². The van der Waals surface area contributed by atoms with Crippen LogP contribution in [0.3, 0.4) is 0 Å². The van der Waals surface area contributed by atoms with Gasteiger partial charge in [0, 0.05) is 17.8 Å². The maximum atomic E-state index is 12.1. The molecule has 0 aliphatic heterocycles. The molecular formula is C19H17N3O2. The number of rotatable bonds is 5. The molecule has 0 saturated carbocycles. The number of nitrogens with one attached hydrogen (secondary N) is 2. The van der Waals surface area contributed by atoms with Crippen molar-refractivity contribution in [2.24, 2.45) is 0 Å². The highest BCUT2D eigenvalue weighted by Crippen LogP contribution is 2.19. The van der Waals surface area contributed by atoms with Crippen molar-refractivity contribution in [1.82, 2.24) is 10.3 Å². The molecule has 0 saturated heterocycles. The summed E-state index contributed by atoms with van der Waals surface area (Å²) in [5.74, 6) is -0.388. The molecule has 3 aromatic rings. The zero-order valence-corrected chi connectivity index (χ0v) is 13.2. The molecule has 120 valence electrons. The van der Waals surface area contributed by atoms with Crippen LogP contribution in [0.5, 0.6) is 0 Å². The van der Waals surface area contributed by atoms with E-state index in [1.807, 2.05) is 30.3 Å². The van der Waals surface area contributed by atoms with E-state index in [-0.39, 0.29) is 5.97 Å². The number of hydrogen-bond acceptors (Lipinski definition) is 4. The van der Waals surface area contributed by atoms with E-state index >= 15 is 0 Å². The van der Waals surface area contributed by atoms with Crippen LogP contribution in [-0.4, -0.2) is 18.1 Å². The maximum absolute atomic E-state index is 12.1. The summed E-state index contributed by atoms with van der Waals surface area (Å²) in [7, 11) is 1.36. The standard InChI is InChI=1S/C19H17N3O2/c1-24-19(23)18(15-7-4-5-13(9-15)11-20)21-12-16-10-14-6-2-3-8-17(14)22-16/h2-10,18,21-22H,12H2,1H3. The van der Waals surface area contributed by atoms with Crippen LogP contribution >= 0.6 is 0 Å². The van der Waals surface area contributed by atoms with Crippen LogP contribution in [0.4, 0.5) is 0 Å². The molecule has 0 radical (unpaired) electrons. The number of para-hydroxylation sites is 1. The number of hydrogen-bond donors (Lipinski definition) is 2. The zero-order chi connectivity index (χ0) is 16.9. The van der Waals surface area contributed by atoms with Gasteiger partial charge in [0.15, 0.2) is 0 Å². The van der Waals surface area contributed by atoms with Crippen LogP contribution in [0.25, 0.3) is 10.9 Å². The zero-order valence-electron chi connectivity index (χ0n) is 13.2. The largest absolute Gasteiger partial charge is 0.468 e. The average Bonchev–Trinajstić information content (AvgIpc) is 3.04. The monoisotopic (exact) mass is 319 g/mol. The van der Waals surface area contributed by atoms with Crippen molar-refractivity contribution in [2.75, 3.05) is 7.11 Å². The molecule has 5 nitrogen and oxygen atoms in total. The van der Waals surface area contributed by atoms with Gasteiger partial charge in [-0.15, -0.1) is 0 Å². The molecule has 0 amide bonds. The van der Waals surface area contributed by atoms with Crippen molar-refractivity contribution in [2.45, 2.75) is 12.6 Å². The number of fused-ring (bicyclic) bond motifs is 1. The van der Waals surface area contributed by atoms with Crippen LogP contribution < -0.4 is 5.32 Å². The summed E-state index contributed by atoms with van der Waals surface area (Å²) in [4.78, 5) is 15.4. The first-order valence-electron chi connectivity index (χ1n) is 7.59. The summed E-state index contributed by atoms with van der Waals surface area (Å²) in [6.07, 6.45) is 0. The van der Waals surface area contributed by atoms with Gasteiger partial charge in [-0.2, -0.15) is 5.26 Å². The molecule has 0 spiro atoms. The Hall–Kier alpha value is -3.10. The van der Waals surface area contributed by atoms with E-state index in [0.717, 1.165) is 16.6 Å². The molecule has 2 N–H and O–H groups in total. The number of benzene rings is 2. The van der Waals surface area contributed by atoms with Gasteiger partial charge in [0.1, 0.15) is 6.04 Å². The summed E-state index contributed by atoms with van der Waals surface area (Å²) < 4.78 is 4.89. The third-order valence-electron chi connectivity index (χ3n) is 3.87. The summed E-state index contributed by atoms with van der Waals surface area (Å²) in [6.45, 7) is 0.477. The van der Waals surface area contributed by atoms with Crippen LogP contribution in [-0.2, 0) is 16.1 Å². The quantitative estimate of drug-likeness (QED) is 0.709. The Morgan fingerprint density at radius 3 is 2.83 bits per heavy atom. The lowest BCUT2D eigenvalue weighted by Gasteiger charge is -2.16. The van der Waals surface area contributed by atoms with Crippen LogP contribution in [0.1, 0.15) is 22.9 Å². The number of ether oxygens (including phenoxy) is 1. The summed E-state index contributed by atoms with van der Waals surface area (Å²) in [5.41, 5.74) is 3.24. The minimum absolute atomic E-state index is 0.388. The van der Waals surface area contributed by atoms with E-state index in [9.17, 15) is 4.79 Å². The number of aromatic nitrogens is 1. The normalized spacial score (nSPS) is 11.8. The first kappa shape index (κ1) is 15.8. The Morgan fingerprint density at radius 1 is 1.25 bits per heavy atom. The fourth-order valence-corrected chi connectivity index (χ4v) is 2.68. The van der Waals surface area contributed by atoms with E-state index in [2.05, 4.69) is 16.4 Å². The van der Waals surface area contributed by atoms with Crippen molar-refractivity contribution in [1.29, 1.82) is 5.26 Å². The SMILES string of the molecule is COC(=O)C(NCc1cc2ccccc2[nH]1)c1cccc(C#N)c1. The first-order chi connectivity index (χ1) is 11.7. The van der Waals surface area contributed by atoms with Crippen LogP contribution in [0.2, 0.25) is 0 Å². The van der Waals surface area contributed by atoms with Crippen LogP contribution in [0, 0.1) is 11.3 Å². The fraction of sp³-hybridized carbons (Fsp3) is 0.158. The smallest absolute Gasteiger partial charge is 0.327 e. The second-order valence-corrected chi connectivity index (χ2v) is 5.46. The summed E-state index contributed by atoms with van der Waals surface area (Å²) in [5, 5.41) is 13.4. The van der Waals surface area contributed by atoms with Gasteiger partial charge in [-0.3, -0.25) is 5.32 Å². The summed E-state index contributed by atoms with van der Waals surface area (Å²) >= 11 is 0. The van der Waals surface area contributed by atoms with Gasteiger partial charge in [0.05, 0.1) is 18.7 Å². The molecule has 2 aromatic carbocycles. The molecule has 3 rings (SSSR count). The predicted molar refractivity (Wildman–Crippen MR) is 91.1 cm³/mol. The fourth-order valence-electron chi connectivity index (χ4n) is 2.68. The topological polar surface area (TPSA) is 77.9 Å². The molecule has 0 aliphatic carbocycles. The highest BCUT2D eigenvalue weighted by atomic mass is 16.5. The lowest BCUT2D eigenvalue weighted by atomic mass is 10.0. The number of carbonyl (C=O) groups excluding carboxylic acids is 1. The third kappa shape index (κ3) is 3.29. The van der Waals surface area contributed by atoms with Crippen molar-refractivity contribution < 1.29 is 9.53 Å². The molecule has 1 unspecified atom stereocenters. The lowest BCUT2D eigenvalue weighted by Crippen LogP contribution is -2.29. The molecule has 0 aliphatic rings. The van der Waals surface area contributed by atoms with Crippen molar-refractivity contribution in [3.63, 3.8) is 0 Å². The van der Waals surface area contributed by atoms with Crippen molar-refractivity contribution >= 4 is 16.9 Å². The number of nitrogens with zero attached hydrogens (tertiary/aromatic N) is 1. The van der Waals surface area contributed by atoms with Crippen LogP contribution in [0.15, 0.2) is 54.6 Å². The average molecular weight is 319 g/mol. The maximum Gasteiger partial charge on any atom is 0.327 e. The molecule has 0 bridgehead atoms. The molecule has 0 fully saturated rings. The third-order valence-corrected chi connectivity index (χ3v) is 3.87. The highest BCUT2D eigenvalue weighted by molar-refractivity contribution is 5.80. The second-order valence-electron chi connectivity index (χ2n) is 5.46. The van der Waals surface area contributed by atoms with Gasteiger partial charge in [0.25, 0.3) is 0 Å². The van der Waals surface area contributed by atoms with E-state index < -0.39 is 6.04 Å². The number of aromatic amines is 1. The highest BCUT2D eigenvalue weighted by Gasteiger charge is 2.21. The van der Waals surface area contributed by atoms with Gasteiger partial charge < -0.3 is 9.72 Å². The second kappa shape index (κ2) is 6.99. The molecule has 1 heterocycles. The van der Waals surface area contributed by atoms with Gasteiger partial charge in [-0.25, -0.2) is 4.79 Å². The number of carbonyl (C=O) groups is 1. The van der Waals surface area contributed by atoms with Gasteiger partial charge in [0.2, 0.25) is 0 Å². The Bertz CT molecular complexity index is 875. The van der Waals surface area contributed by atoms with Crippen molar-refractivity contribution in [3.8, 4) is 6.07 Å². The van der Waals surface area contributed by atoms with E-state index in [0.29, 0.717) is 17.7 Å². The predicted octanol–water partition coefficient (Wildman–Crippen LogP) is 3.04.